The van der Waals surface area contributed by atoms with Crippen LogP contribution in [0.1, 0.15) is 32.6 Å². The van der Waals surface area contributed by atoms with Crippen LogP contribution in [0.3, 0.4) is 0 Å². The molecule has 1 heterocycles. The molecule has 3 atom stereocenters. The molecule has 3 unspecified atom stereocenters. The molecule has 2 aliphatic rings. The van der Waals surface area contributed by atoms with Crippen molar-refractivity contribution in [1.82, 2.24) is 5.32 Å². The Kier molecular flexibility index (Phi) is 4.59. The Morgan fingerprint density at radius 2 is 2.39 bits per heavy atom. The van der Waals surface area contributed by atoms with Crippen LogP contribution in [0.2, 0.25) is 0 Å². The van der Waals surface area contributed by atoms with Gasteiger partial charge in [0.25, 0.3) is 0 Å². The maximum atomic E-state index is 11.4. The Hall–Kier alpha value is -0.650. The molecule has 2 fully saturated rings. The molecule has 2 rings (SSSR count). The Balaban J connectivity index is 1.80. The first-order valence-electron chi connectivity index (χ1n) is 6.84. The summed E-state index contributed by atoms with van der Waals surface area (Å²) in [5, 5.41) is 12.5. The summed E-state index contributed by atoms with van der Waals surface area (Å²) in [6.07, 6.45) is 3.18. The third-order valence-electron chi connectivity index (χ3n) is 3.99. The fourth-order valence-electron chi connectivity index (χ4n) is 2.90. The number of hydrogen-bond donors (Lipinski definition) is 2. The average molecular weight is 257 g/mol. The smallest absolute Gasteiger partial charge is 0.323 e. The normalized spacial score (nSPS) is 36.1. The molecule has 1 saturated carbocycles. The maximum absolute atomic E-state index is 11.4. The van der Waals surface area contributed by atoms with Gasteiger partial charge < -0.3 is 19.9 Å². The van der Waals surface area contributed by atoms with E-state index in [0.29, 0.717) is 31.9 Å². The molecule has 0 amide bonds. The van der Waals surface area contributed by atoms with Crippen molar-refractivity contribution in [2.24, 2.45) is 5.92 Å². The van der Waals surface area contributed by atoms with Crippen molar-refractivity contribution in [3.05, 3.63) is 0 Å². The lowest BCUT2D eigenvalue weighted by molar-refractivity contribution is -0.145. The molecule has 0 aromatic rings. The summed E-state index contributed by atoms with van der Waals surface area (Å²) in [6, 6.07) is 0. The Bertz CT molecular complexity index is 291. The van der Waals surface area contributed by atoms with E-state index in [9.17, 15) is 9.90 Å². The van der Waals surface area contributed by atoms with Gasteiger partial charge in [0, 0.05) is 18.9 Å². The van der Waals surface area contributed by atoms with Crippen molar-refractivity contribution < 1.29 is 19.4 Å². The largest absolute Gasteiger partial charge is 0.480 e. The summed E-state index contributed by atoms with van der Waals surface area (Å²) in [4.78, 5) is 11.4. The predicted molar refractivity (Wildman–Crippen MR) is 66.6 cm³/mol. The van der Waals surface area contributed by atoms with Gasteiger partial charge in [-0.25, -0.2) is 0 Å². The Labute approximate surface area is 108 Å². The predicted octanol–water partition coefficient (Wildman–Crippen LogP) is 1.02. The monoisotopic (exact) mass is 257 g/mol. The zero-order chi connectivity index (χ0) is 13.0. The van der Waals surface area contributed by atoms with Crippen LogP contribution in [0, 0.1) is 5.92 Å². The highest BCUT2D eigenvalue weighted by Gasteiger charge is 2.45. The molecule has 18 heavy (non-hydrogen) atoms. The number of carbonyl (C=O) groups is 1. The molecule has 1 aliphatic carbocycles. The number of carboxylic acids is 1. The molecule has 0 bridgehead atoms. The van der Waals surface area contributed by atoms with E-state index in [1.165, 1.54) is 0 Å². The van der Waals surface area contributed by atoms with Crippen molar-refractivity contribution in [2.75, 3.05) is 26.4 Å². The van der Waals surface area contributed by atoms with Crippen LogP contribution in [-0.2, 0) is 14.3 Å². The molecule has 0 spiro atoms. The van der Waals surface area contributed by atoms with Gasteiger partial charge in [0.15, 0.2) is 0 Å². The van der Waals surface area contributed by atoms with Crippen LogP contribution >= 0.6 is 0 Å². The number of hydrogen-bond acceptors (Lipinski definition) is 4. The first kappa shape index (κ1) is 13.8. The summed E-state index contributed by atoms with van der Waals surface area (Å²) < 4.78 is 11.2. The standard InChI is InChI=1S/C13H23NO4/c1-2-14-13(12(15)16)5-3-11(7-13)18-9-10-4-6-17-8-10/h10-11,14H,2-9H2,1H3,(H,15,16). The fourth-order valence-corrected chi connectivity index (χ4v) is 2.90. The number of aliphatic carboxylic acids is 1. The van der Waals surface area contributed by atoms with Gasteiger partial charge in [-0.15, -0.1) is 0 Å². The van der Waals surface area contributed by atoms with E-state index < -0.39 is 11.5 Å². The number of likely N-dealkylation sites (N-methyl/N-ethyl adjacent to an activating group) is 1. The second-order valence-corrected chi connectivity index (χ2v) is 5.35. The minimum atomic E-state index is -0.772. The minimum Gasteiger partial charge on any atom is -0.480 e. The van der Waals surface area contributed by atoms with Crippen molar-refractivity contribution >= 4 is 5.97 Å². The van der Waals surface area contributed by atoms with Crippen molar-refractivity contribution in [1.29, 1.82) is 0 Å². The van der Waals surface area contributed by atoms with Crippen LogP contribution in [0.4, 0.5) is 0 Å². The van der Waals surface area contributed by atoms with E-state index in [0.717, 1.165) is 26.1 Å². The van der Waals surface area contributed by atoms with E-state index in [2.05, 4.69) is 5.32 Å². The third kappa shape index (κ3) is 3.02. The van der Waals surface area contributed by atoms with E-state index in [1.807, 2.05) is 6.92 Å². The van der Waals surface area contributed by atoms with Gasteiger partial charge in [-0.3, -0.25) is 4.79 Å². The van der Waals surface area contributed by atoms with Crippen LogP contribution in [0.15, 0.2) is 0 Å². The molecule has 1 saturated heterocycles. The second-order valence-electron chi connectivity index (χ2n) is 5.35. The highest BCUT2D eigenvalue weighted by molar-refractivity contribution is 5.79. The maximum Gasteiger partial charge on any atom is 0.323 e. The van der Waals surface area contributed by atoms with Crippen LogP contribution in [0.5, 0.6) is 0 Å². The zero-order valence-corrected chi connectivity index (χ0v) is 11.0. The molecule has 0 radical (unpaired) electrons. The SMILES string of the molecule is CCNC1(C(=O)O)CCC(OCC2CCOC2)C1. The van der Waals surface area contributed by atoms with Crippen LogP contribution < -0.4 is 5.32 Å². The van der Waals surface area contributed by atoms with E-state index in [4.69, 9.17) is 9.47 Å². The summed E-state index contributed by atoms with van der Waals surface area (Å²) >= 11 is 0. The van der Waals surface area contributed by atoms with Gasteiger partial charge in [-0.05, 0) is 25.8 Å². The van der Waals surface area contributed by atoms with Gasteiger partial charge in [0.2, 0.25) is 0 Å². The summed E-state index contributed by atoms with van der Waals surface area (Å²) in [7, 11) is 0. The Morgan fingerprint density at radius 3 is 3.00 bits per heavy atom. The van der Waals surface area contributed by atoms with Gasteiger partial charge in [-0.1, -0.05) is 6.92 Å². The number of rotatable bonds is 6. The van der Waals surface area contributed by atoms with Gasteiger partial charge >= 0.3 is 5.97 Å². The minimum absolute atomic E-state index is 0.0701. The van der Waals surface area contributed by atoms with Gasteiger partial charge in [0.05, 0.1) is 19.3 Å². The van der Waals surface area contributed by atoms with Crippen molar-refractivity contribution in [3.63, 3.8) is 0 Å². The number of carboxylic acid groups (broad SMARTS) is 1. The molecule has 104 valence electrons. The average Bonchev–Trinajstić information content (AvgIpc) is 2.96. The second kappa shape index (κ2) is 5.99. The topological polar surface area (TPSA) is 67.8 Å². The van der Waals surface area contributed by atoms with Crippen molar-refractivity contribution in [2.45, 2.75) is 44.2 Å². The van der Waals surface area contributed by atoms with E-state index >= 15 is 0 Å². The molecule has 2 N–H and O–H groups in total. The molecular weight excluding hydrogens is 234 g/mol. The van der Waals surface area contributed by atoms with E-state index in [1.54, 1.807) is 0 Å². The highest BCUT2D eigenvalue weighted by atomic mass is 16.5. The molecule has 5 heteroatoms. The zero-order valence-electron chi connectivity index (χ0n) is 11.0. The molecule has 0 aromatic carbocycles. The highest BCUT2D eigenvalue weighted by Crippen LogP contribution is 2.32. The quantitative estimate of drug-likeness (QED) is 0.743. The molecular formula is C13H23NO4. The third-order valence-corrected chi connectivity index (χ3v) is 3.99. The first-order valence-corrected chi connectivity index (χ1v) is 6.84. The summed E-state index contributed by atoms with van der Waals surface area (Å²) in [5.41, 5.74) is -0.772. The number of ether oxygens (including phenoxy) is 2. The van der Waals surface area contributed by atoms with E-state index in [-0.39, 0.29) is 6.10 Å². The lowest BCUT2D eigenvalue weighted by Gasteiger charge is -2.25. The first-order chi connectivity index (χ1) is 8.66. The lowest BCUT2D eigenvalue weighted by Crippen LogP contribution is -2.50. The van der Waals surface area contributed by atoms with Crippen molar-refractivity contribution in [3.8, 4) is 0 Å². The van der Waals surface area contributed by atoms with Gasteiger partial charge in [0.1, 0.15) is 5.54 Å². The Morgan fingerprint density at radius 1 is 1.56 bits per heavy atom. The molecule has 5 nitrogen and oxygen atoms in total. The van der Waals surface area contributed by atoms with Gasteiger partial charge in [-0.2, -0.15) is 0 Å². The summed E-state index contributed by atoms with van der Waals surface area (Å²) in [6.45, 7) is 4.93. The molecule has 1 aliphatic heterocycles. The lowest BCUT2D eigenvalue weighted by atomic mass is 9.98. The van der Waals surface area contributed by atoms with Crippen LogP contribution in [0.25, 0.3) is 0 Å². The summed E-state index contributed by atoms with van der Waals surface area (Å²) in [5.74, 6) is -0.261. The fraction of sp³-hybridized carbons (Fsp3) is 0.923. The van der Waals surface area contributed by atoms with Crippen LogP contribution in [-0.4, -0.2) is 49.1 Å². The molecule has 0 aromatic heterocycles. The number of nitrogens with one attached hydrogen (secondary N) is 1.